The van der Waals surface area contributed by atoms with E-state index < -0.39 is 0 Å². The summed E-state index contributed by atoms with van der Waals surface area (Å²) in [6, 6.07) is 14.5. The van der Waals surface area contributed by atoms with Crippen LogP contribution in [0.25, 0.3) is 11.4 Å². The molecule has 0 atom stereocenters. The van der Waals surface area contributed by atoms with Crippen LogP contribution in [0.4, 0.5) is 11.6 Å². The number of amides is 2. The van der Waals surface area contributed by atoms with E-state index in [9.17, 15) is 9.59 Å². The van der Waals surface area contributed by atoms with E-state index in [0.717, 1.165) is 15.6 Å². The third-order valence-corrected chi connectivity index (χ3v) is 5.57. The van der Waals surface area contributed by atoms with Gasteiger partial charge >= 0.3 is 0 Å². The van der Waals surface area contributed by atoms with Gasteiger partial charge in [-0.05, 0) is 49.4 Å². The highest BCUT2D eigenvalue weighted by Crippen LogP contribution is 2.26. The Morgan fingerprint density at radius 3 is 2.12 bits per heavy atom. The highest BCUT2D eigenvalue weighted by Gasteiger charge is 2.13. The van der Waals surface area contributed by atoms with Gasteiger partial charge in [-0.3, -0.25) is 9.59 Å². The second-order valence-corrected chi connectivity index (χ2v) is 8.83. The van der Waals surface area contributed by atoms with Crippen LogP contribution in [-0.2, 0) is 4.79 Å². The largest absolute Gasteiger partial charge is 0.368 e. The van der Waals surface area contributed by atoms with Crippen molar-refractivity contribution < 1.29 is 9.59 Å². The molecule has 0 aliphatic heterocycles. The Morgan fingerprint density at radius 1 is 0.912 bits per heavy atom. The molecule has 0 fully saturated rings. The fraction of sp³-hybridized carbons (Fsp3) is 0.250. The first kappa shape index (κ1) is 25.5. The zero-order valence-electron chi connectivity index (χ0n) is 18.9. The molecular weight excluding hydrogens is 520 g/mol. The molecule has 178 valence electrons. The van der Waals surface area contributed by atoms with Gasteiger partial charge in [0.25, 0.3) is 5.91 Å². The lowest BCUT2D eigenvalue weighted by Gasteiger charge is -2.16. The highest BCUT2D eigenvalue weighted by atomic mass is 79.9. The van der Waals surface area contributed by atoms with Crippen LogP contribution in [0.2, 0.25) is 5.02 Å². The van der Waals surface area contributed by atoms with Crippen LogP contribution in [0.15, 0.2) is 53.0 Å². The summed E-state index contributed by atoms with van der Waals surface area (Å²) in [5.41, 5.74) is 2.24. The summed E-state index contributed by atoms with van der Waals surface area (Å²) in [6.07, 6.45) is 0. The molecule has 8 nitrogen and oxygen atoms in total. The molecule has 3 aromatic rings. The molecule has 0 radical (unpaired) electrons. The topological polar surface area (TPSA) is 108 Å². The van der Waals surface area contributed by atoms with E-state index in [1.54, 1.807) is 24.3 Å². The van der Waals surface area contributed by atoms with Crippen LogP contribution in [-0.4, -0.2) is 48.0 Å². The Bertz CT molecular complexity index is 1160. The van der Waals surface area contributed by atoms with Crippen LogP contribution in [0.3, 0.4) is 0 Å². The average molecular weight is 546 g/mol. The van der Waals surface area contributed by atoms with E-state index in [1.807, 2.05) is 31.2 Å². The summed E-state index contributed by atoms with van der Waals surface area (Å²) in [5, 5.41) is 12.8. The van der Waals surface area contributed by atoms with Crippen molar-refractivity contribution in [3.63, 3.8) is 0 Å². The van der Waals surface area contributed by atoms with Crippen molar-refractivity contribution in [1.82, 2.24) is 20.6 Å². The summed E-state index contributed by atoms with van der Waals surface area (Å²) < 4.78 is 0.850. The van der Waals surface area contributed by atoms with E-state index in [-0.39, 0.29) is 11.8 Å². The molecule has 1 heterocycles. The minimum atomic E-state index is -0.148. The van der Waals surface area contributed by atoms with E-state index in [2.05, 4.69) is 47.2 Å². The van der Waals surface area contributed by atoms with Crippen molar-refractivity contribution in [2.45, 2.75) is 13.8 Å². The van der Waals surface area contributed by atoms with Gasteiger partial charge in [-0.25, -0.2) is 9.97 Å². The molecule has 3 rings (SSSR count). The number of halogens is 2. The third-order valence-electron chi connectivity index (χ3n) is 4.83. The Morgan fingerprint density at radius 2 is 1.53 bits per heavy atom. The maximum Gasteiger partial charge on any atom is 0.251 e. The van der Waals surface area contributed by atoms with Crippen molar-refractivity contribution in [2.75, 3.05) is 36.8 Å². The van der Waals surface area contributed by atoms with Crippen molar-refractivity contribution in [1.29, 1.82) is 0 Å². The molecule has 10 heteroatoms. The maximum absolute atomic E-state index is 12.4. The molecule has 0 saturated heterocycles. The average Bonchev–Trinajstić information content (AvgIpc) is 2.81. The Hall–Kier alpha value is -3.17. The van der Waals surface area contributed by atoms with Gasteiger partial charge in [0.2, 0.25) is 5.91 Å². The SMILES string of the molecule is CC(=O)NCCNc1nc(-c2ccc(Cl)cc2)nc(NCCNC(=O)c2cccc(Br)c2)c1C. The van der Waals surface area contributed by atoms with Gasteiger partial charge in [-0.15, -0.1) is 0 Å². The Labute approximate surface area is 212 Å². The van der Waals surface area contributed by atoms with Gasteiger partial charge in [-0.2, -0.15) is 0 Å². The van der Waals surface area contributed by atoms with Crippen LogP contribution in [0.1, 0.15) is 22.8 Å². The fourth-order valence-corrected chi connectivity index (χ4v) is 3.62. The summed E-state index contributed by atoms with van der Waals surface area (Å²) >= 11 is 9.40. The number of anilines is 2. The number of aromatic nitrogens is 2. The van der Waals surface area contributed by atoms with Crippen LogP contribution >= 0.6 is 27.5 Å². The minimum absolute atomic E-state index is 0.0877. The molecule has 0 aliphatic carbocycles. The number of carbonyl (C=O) groups excluding carboxylic acids is 2. The van der Waals surface area contributed by atoms with E-state index in [0.29, 0.717) is 54.2 Å². The summed E-state index contributed by atoms with van der Waals surface area (Å²) in [7, 11) is 0. The summed E-state index contributed by atoms with van der Waals surface area (Å²) in [4.78, 5) is 32.8. The number of nitrogens with one attached hydrogen (secondary N) is 4. The van der Waals surface area contributed by atoms with Crippen molar-refractivity contribution >= 4 is 51.0 Å². The van der Waals surface area contributed by atoms with Gasteiger partial charge in [-0.1, -0.05) is 33.6 Å². The van der Waals surface area contributed by atoms with Gasteiger partial charge in [0.1, 0.15) is 11.6 Å². The Balaban J connectivity index is 1.70. The quantitative estimate of drug-likeness (QED) is 0.284. The standard InChI is InChI=1S/C24H26BrClN6O2/c1-15-21(28-11-10-27-16(2)33)31-23(17-6-8-20(26)9-7-17)32-22(15)29-12-13-30-24(34)18-4-3-5-19(25)14-18/h3-9,14H,10-13H2,1-2H3,(H,27,33)(H,30,34)(H2,28,29,31,32). The van der Waals surface area contributed by atoms with Crippen molar-refractivity contribution in [3.8, 4) is 11.4 Å². The second kappa shape index (κ2) is 12.3. The number of carbonyl (C=O) groups is 2. The number of hydrogen-bond donors (Lipinski definition) is 4. The molecule has 34 heavy (non-hydrogen) atoms. The van der Waals surface area contributed by atoms with Gasteiger partial charge in [0.15, 0.2) is 5.82 Å². The minimum Gasteiger partial charge on any atom is -0.368 e. The molecule has 2 amide bonds. The maximum atomic E-state index is 12.4. The highest BCUT2D eigenvalue weighted by molar-refractivity contribution is 9.10. The fourth-order valence-electron chi connectivity index (χ4n) is 3.10. The number of benzene rings is 2. The monoisotopic (exact) mass is 544 g/mol. The summed E-state index contributed by atoms with van der Waals surface area (Å²) in [5.74, 6) is 1.61. The molecule has 1 aromatic heterocycles. The number of hydrogen-bond acceptors (Lipinski definition) is 6. The van der Waals surface area contributed by atoms with E-state index >= 15 is 0 Å². The predicted molar refractivity (Wildman–Crippen MR) is 139 cm³/mol. The van der Waals surface area contributed by atoms with Crippen molar-refractivity contribution in [2.24, 2.45) is 0 Å². The normalized spacial score (nSPS) is 10.5. The first-order valence-electron chi connectivity index (χ1n) is 10.7. The predicted octanol–water partition coefficient (Wildman–Crippen LogP) is 4.26. The smallest absolute Gasteiger partial charge is 0.251 e. The molecule has 0 bridgehead atoms. The first-order valence-corrected chi connectivity index (χ1v) is 11.9. The Kier molecular flexibility index (Phi) is 9.24. The van der Waals surface area contributed by atoms with Crippen LogP contribution in [0.5, 0.6) is 0 Å². The van der Waals surface area contributed by atoms with Gasteiger partial charge in [0.05, 0.1) is 0 Å². The van der Waals surface area contributed by atoms with E-state index in [1.165, 1.54) is 6.92 Å². The molecule has 0 spiro atoms. The number of nitrogens with zero attached hydrogens (tertiary/aromatic N) is 2. The lowest BCUT2D eigenvalue weighted by atomic mass is 10.2. The number of rotatable bonds is 10. The third kappa shape index (κ3) is 7.43. The van der Waals surface area contributed by atoms with Crippen LogP contribution < -0.4 is 21.3 Å². The lowest BCUT2D eigenvalue weighted by Crippen LogP contribution is -2.29. The molecule has 2 aromatic carbocycles. The lowest BCUT2D eigenvalue weighted by molar-refractivity contribution is -0.118. The van der Waals surface area contributed by atoms with Gasteiger partial charge < -0.3 is 21.3 Å². The molecule has 0 saturated carbocycles. The zero-order chi connectivity index (χ0) is 24.5. The van der Waals surface area contributed by atoms with Gasteiger partial charge in [0, 0.05) is 59.3 Å². The second-order valence-electron chi connectivity index (χ2n) is 7.48. The molecule has 0 aliphatic rings. The molecule has 4 N–H and O–H groups in total. The first-order chi connectivity index (χ1) is 16.3. The van der Waals surface area contributed by atoms with E-state index in [4.69, 9.17) is 11.6 Å². The zero-order valence-corrected chi connectivity index (χ0v) is 21.3. The summed E-state index contributed by atoms with van der Waals surface area (Å²) in [6.45, 7) is 5.26. The molecular formula is C24H26BrClN6O2. The van der Waals surface area contributed by atoms with Crippen molar-refractivity contribution in [3.05, 3.63) is 69.2 Å². The van der Waals surface area contributed by atoms with Crippen LogP contribution in [0, 0.1) is 6.92 Å². The molecule has 0 unspecified atom stereocenters.